The van der Waals surface area contributed by atoms with Crippen LogP contribution in [-0.2, 0) is 15.9 Å². The van der Waals surface area contributed by atoms with Crippen LogP contribution in [0.25, 0.3) is 0 Å². The molecule has 0 radical (unpaired) electrons. The molecule has 20 heavy (non-hydrogen) atoms. The van der Waals surface area contributed by atoms with Crippen molar-refractivity contribution in [3.05, 3.63) is 11.7 Å². The number of hydrogen-bond acceptors (Lipinski definition) is 6. The van der Waals surface area contributed by atoms with Crippen LogP contribution in [0.3, 0.4) is 0 Å². The molecule has 1 N–H and O–H groups in total. The van der Waals surface area contributed by atoms with Crippen molar-refractivity contribution in [2.75, 3.05) is 33.5 Å². The molecule has 0 aliphatic heterocycles. The average molecular weight is 283 g/mol. The molecule has 2 rings (SSSR count). The predicted molar refractivity (Wildman–Crippen MR) is 74.8 cm³/mol. The van der Waals surface area contributed by atoms with Crippen molar-refractivity contribution in [1.82, 2.24) is 15.5 Å². The molecule has 1 aliphatic carbocycles. The van der Waals surface area contributed by atoms with Gasteiger partial charge in [-0.1, -0.05) is 18.5 Å². The Kier molecular flexibility index (Phi) is 6.42. The first-order chi connectivity index (χ1) is 9.85. The van der Waals surface area contributed by atoms with E-state index in [1.807, 2.05) is 0 Å². The Morgan fingerprint density at radius 3 is 3.00 bits per heavy atom. The van der Waals surface area contributed by atoms with E-state index < -0.39 is 0 Å². The molecular formula is C14H25N3O3. The summed E-state index contributed by atoms with van der Waals surface area (Å²) in [6.07, 6.45) is 4.23. The summed E-state index contributed by atoms with van der Waals surface area (Å²) >= 11 is 0. The number of likely N-dealkylation sites (N-methyl/N-ethyl adjacent to an activating group) is 1. The van der Waals surface area contributed by atoms with E-state index in [1.54, 1.807) is 7.11 Å². The summed E-state index contributed by atoms with van der Waals surface area (Å²) in [5.74, 6) is 1.88. The molecule has 1 aromatic heterocycles. The molecule has 1 aliphatic rings. The molecule has 0 aromatic carbocycles. The Morgan fingerprint density at radius 2 is 2.20 bits per heavy atom. The highest BCUT2D eigenvalue weighted by Gasteiger charge is 2.32. The van der Waals surface area contributed by atoms with Crippen LogP contribution in [-0.4, -0.2) is 49.7 Å². The minimum atomic E-state index is 0.366. The largest absolute Gasteiger partial charge is 0.382 e. The SMILES string of the molecule is CCNC1CCCC1c1nc(CCOCCOC)no1. The fourth-order valence-electron chi connectivity index (χ4n) is 2.69. The minimum Gasteiger partial charge on any atom is -0.382 e. The van der Waals surface area contributed by atoms with Crippen LogP contribution in [0.4, 0.5) is 0 Å². The molecule has 0 saturated heterocycles. The molecule has 114 valence electrons. The fraction of sp³-hybridized carbons (Fsp3) is 0.857. The van der Waals surface area contributed by atoms with Crippen LogP contribution in [0.15, 0.2) is 4.52 Å². The fourth-order valence-corrected chi connectivity index (χ4v) is 2.69. The number of nitrogens with zero attached hydrogens (tertiary/aromatic N) is 2. The van der Waals surface area contributed by atoms with Crippen LogP contribution in [0.5, 0.6) is 0 Å². The molecule has 6 nitrogen and oxygen atoms in total. The van der Waals surface area contributed by atoms with Gasteiger partial charge in [-0.25, -0.2) is 0 Å². The van der Waals surface area contributed by atoms with Crippen molar-refractivity contribution in [2.24, 2.45) is 0 Å². The molecule has 0 spiro atoms. The maximum Gasteiger partial charge on any atom is 0.231 e. The standard InChI is InChI=1S/C14H25N3O3/c1-3-15-12-6-4-5-11(12)14-16-13(17-20-14)7-8-19-10-9-18-2/h11-12,15H,3-10H2,1-2H3. The van der Waals surface area contributed by atoms with Gasteiger partial charge < -0.3 is 19.3 Å². The number of nitrogens with one attached hydrogen (secondary N) is 1. The van der Waals surface area contributed by atoms with Crippen molar-refractivity contribution in [3.63, 3.8) is 0 Å². The number of rotatable bonds is 9. The van der Waals surface area contributed by atoms with Crippen LogP contribution >= 0.6 is 0 Å². The average Bonchev–Trinajstić information content (AvgIpc) is 3.08. The van der Waals surface area contributed by atoms with Gasteiger partial charge in [0.25, 0.3) is 0 Å². The second-order valence-corrected chi connectivity index (χ2v) is 5.11. The number of methoxy groups -OCH3 is 1. The van der Waals surface area contributed by atoms with Crippen LogP contribution in [0.2, 0.25) is 0 Å². The maximum atomic E-state index is 5.42. The lowest BCUT2D eigenvalue weighted by atomic mass is 10.0. The molecule has 1 saturated carbocycles. The third-order valence-electron chi connectivity index (χ3n) is 3.69. The molecule has 1 aromatic rings. The Morgan fingerprint density at radius 1 is 1.30 bits per heavy atom. The molecule has 0 amide bonds. The second kappa shape index (κ2) is 8.34. The van der Waals surface area contributed by atoms with E-state index in [-0.39, 0.29) is 0 Å². The summed E-state index contributed by atoms with van der Waals surface area (Å²) < 4.78 is 15.8. The van der Waals surface area contributed by atoms with Crippen molar-refractivity contribution in [2.45, 2.75) is 44.6 Å². The number of hydrogen-bond donors (Lipinski definition) is 1. The van der Waals surface area contributed by atoms with Gasteiger partial charge in [0.15, 0.2) is 5.82 Å². The Balaban J connectivity index is 1.79. The Hall–Kier alpha value is -0.980. The molecular weight excluding hydrogens is 258 g/mol. The van der Waals surface area contributed by atoms with Crippen LogP contribution in [0.1, 0.15) is 43.8 Å². The van der Waals surface area contributed by atoms with Gasteiger partial charge in [-0.05, 0) is 19.4 Å². The second-order valence-electron chi connectivity index (χ2n) is 5.11. The summed E-state index contributed by atoms with van der Waals surface area (Å²) in [6, 6.07) is 0.478. The van der Waals surface area contributed by atoms with E-state index in [0.717, 1.165) is 24.7 Å². The molecule has 1 fully saturated rings. The molecule has 0 bridgehead atoms. The van der Waals surface area contributed by atoms with Gasteiger partial charge in [-0.2, -0.15) is 4.98 Å². The monoisotopic (exact) mass is 283 g/mol. The van der Waals surface area contributed by atoms with Crippen LogP contribution in [0, 0.1) is 0 Å². The smallest absolute Gasteiger partial charge is 0.231 e. The van der Waals surface area contributed by atoms with E-state index in [9.17, 15) is 0 Å². The van der Waals surface area contributed by atoms with Gasteiger partial charge in [-0.3, -0.25) is 0 Å². The molecule has 2 unspecified atom stereocenters. The zero-order valence-corrected chi connectivity index (χ0v) is 12.4. The summed E-state index contributed by atoms with van der Waals surface area (Å²) in [5.41, 5.74) is 0. The van der Waals surface area contributed by atoms with E-state index in [0.29, 0.717) is 38.2 Å². The van der Waals surface area contributed by atoms with Gasteiger partial charge in [0.2, 0.25) is 5.89 Å². The molecule has 2 atom stereocenters. The van der Waals surface area contributed by atoms with Gasteiger partial charge in [0.1, 0.15) is 0 Å². The van der Waals surface area contributed by atoms with Crippen molar-refractivity contribution in [3.8, 4) is 0 Å². The zero-order valence-electron chi connectivity index (χ0n) is 12.4. The van der Waals surface area contributed by atoms with E-state index in [4.69, 9.17) is 14.0 Å². The van der Waals surface area contributed by atoms with E-state index in [2.05, 4.69) is 22.4 Å². The Bertz CT molecular complexity index is 383. The maximum absolute atomic E-state index is 5.42. The highest BCUT2D eigenvalue weighted by Crippen LogP contribution is 2.33. The van der Waals surface area contributed by atoms with Crippen LogP contribution < -0.4 is 5.32 Å². The van der Waals surface area contributed by atoms with E-state index >= 15 is 0 Å². The van der Waals surface area contributed by atoms with Crippen molar-refractivity contribution >= 4 is 0 Å². The van der Waals surface area contributed by atoms with Crippen molar-refractivity contribution < 1.29 is 14.0 Å². The highest BCUT2D eigenvalue weighted by atomic mass is 16.5. The van der Waals surface area contributed by atoms with E-state index in [1.165, 1.54) is 12.8 Å². The molecule has 6 heteroatoms. The Labute approximate surface area is 120 Å². The first-order valence-corrected chi connectivity index (χ1v) is 7.47. The highest BCUT2D eigenvalue weighted by molar-refractivity contribution is 5.03. The lowest BCUT2D eigenvalue weighted by Crippen LogP contribution is -2.31. The topological polar surface area (TPSA) is 69.4 Å². The lowest BCUT2D eigenvalue weighted by molar-refractivity contribution is 0.0714. The third kappa shape index (κ3) is 4.26. The number of ether oxygens (including phenoxy) is 2. The minimum absolute atomic E-state index is 0.366. The predicted octanol–water partition coefficient (Wildman–Crippen LogP) is 1.52. The van der Waals surface area contributed by atoms with Gasteiger partial charge in [0.05, 0.1) is 25.7 Å². The first kappa shape index (κ1) is 15.4. The quantitative estimate of drug-likeness (QED) is 0.693. The normalized spacial score (nSPS) is 22.5. The van der Waals surface area contributed by atoms with Gasteiger partial charge in [-0.15, -0.1) is 0 Å². The van der Waals surface area contributed by atoms with Gasteiger partial charge in [0, 0.05) is 19.6 Å². The summed E-state index contributed by atoms with van der Waals surface area (Å²) in [5, 5.41) is 7.55. The number of aromatic nitrogens is 2. The first-order valence-electron chi connectivity index (χ1n) is 7.47. The lowest BCUT2D eigenvalue weighted by Gasteiger charge is -2.16. The summed E-state index contributed by atoms with van der Waals surface area (Å²) in [6.45, 7) is 4.93. The van der Waals surface area contributed by atoms with Crippen molar-refractivity contribution in [1.29, 1.82) is 0 Å². The third-order valence-corrected chi connectivity index (χ3v) is 3.69. The van der Waals surface area contributed by atoms with Gasteiger partial charge >= 0.3 is 0 Å². The summed E-state index contributed by atoms with van der Waals surface area (Å²) in [7, 11) is 1.66. The summed E-state index contributed by atoms with van der Waals surface area (Å²) in [4.78, 5) is 4.51. The zero-order chi connectivity index (χ0) is 14.2. The molecule has 1 heterocycles.